The molecule has 1 atom stereocenters. The number of benzene rings is 2. The van der Waals surface area contributed by atoms with Crippen LogP contribution in [0.15, 0.2) is 54.6 Å². The Labute approximate surface area is 150 Å². The average Bonchev–Trinajstić information content (AvgIpc) is 3.01. The van der Waals surface area contributed by atoms with Crippen molar-refractivity contribution in [3.8, 4) is 0 Å². The smallest absolute Gasteiger partial charge is 0.357 e. The number of rotatable bonds is 8. The van der Waals surface area contributed by atoms with Crippen LogP contribution in [0.2, 0.25) is 0 Å². The molecule has 0 amide bonds. The summed E-state index contributed by atoms with van der Waals surface area (Å²) in [6, 6.07) is 17.0. The lowest BCUT2D eigenvalue weighted by molar-refractivity contribution is -0.137. The van der Waals surface area contributed by atoms with E-state index >= 15 is 0 Å². The van der Waals surface area contributed by atoms with E-state index in [1.165, 1.54) is 0 Å². The summed E-state index contributed by atoms with van der Waals surface area (Å²) in [5.41, 5.74) is 1.88. The van der Waals surface area contributed by atoms with Gasteiger partial charge in [0, 0.05) is 11.8 Å². The summed E-state index contributed by atoms with van der Waals surface area (Å²) in [6.45, 7) is 0. The quantitative estimate of drug-likeness (QED) is 0.644. The minimum absolute atomic E-state index is 0.0249. The number of hydrogen-bond donors (Lipinski definition) is 2. The molecule has 0 fully saturated rings. The van der Waals surface area contributed by atoms with E-state index in [0.29, 0.717) is 24.6 Å². The predicted octanol–water partition coefficient (Wildman–Crippen LogP) is 3.77. The van der Waals surface area contributed by atoms with Gasteiger partial charge in [0.15, 0.2) is 5.69 Å². The lowest BCUT2D eigenvalue weighted by atomic mass is 10.0. The van der Waals surface area contributed by atoms with Crippen molar-refractivity contribution in [2.75, 3.05) is 0 Å². The first kappa shape index (κ1) is 17.7. The van der Waals surface area contributed by atoms with Crippen LogP contribution in [0.5, 0.6) is 0 Å². The maximum Gasteiger partial charge on any atom is 0.357 e. The SMILES string of the molecule is O=C(O)CCCC(Cc1ccccc1)n1nc(C(=O)O)c2ccccc21. The monoisotopic (exact) mass is 352 g/mol. The molecule has 0 saturated heterocycles. The number of aromatic nitrogens is 2. The van der Waals surface area contributed by atoms with Crippen LogP contribution in [0.1, 0.15) is 41.4 Å². The summed E-state index contributed by atoms with van der Waals surface area (Å²) in [7, 11) is 0. The molecule has 0 aliphatic heterocycles. The molecule has 0 aliphatic carbocycles. The van der Waals surface area contributed by atoms with Gasteiger partial charge in [0.2, 0.25) is 0 Å². The third kappa shape index (κ3) is 3.91. The molecule has 1 heterocycles. The molecular weight excluding hydrogens is 332 g/mol. The normalized spacial score (nSPS) is 12.2. The second-order valence-corrected chi connectivity index (χ2v) is 6.24. The van der Waals surface area contributed by atoms with E-state index in [9.17, 15) is 14.7 Å². The Morgan fingerprint density at radius 2 is 1.69 bits per heavy atom. The van der Waals surface area contributed by atoms with Gasteiger partial charge in [0.25, 0.3) is 0 Å². The Morgan fingerprint density at radius 1 is 1.00 bits per heavy atom. The van der Waals surface area contributed by atoms with Crippen molar-refractivity contribution in [3.63, 3.8) is 0 Å². The number of carboxylic acid groups (broad SMARTS) is 2. The number of carboxylic acids is 2. The molecular formula is C20H20N2O4. The first-order valence-electron chi connectivity index (χ1n) is 8.52. The van der Waals surface area contributed by atoms with Gasteiger partial charge >= 0.3 is 11.9 Å². The Morgan fingerprint density at radius 3 is 2.38 bits per heavy atom. The average molecular weight is 352 g/mol. The van der Waals surface area contributed by atoms with Gasteiger partial charge in [-0.05, 0) is 30.9 Å². The number of hydrogen-bond acceptors (Lipinski definition) is 3. The van der Waals surface area contributed by atoms with E-state index in [1.807, 2.05) is 42.5 Å². The van der Waals surface area contributed by atoms with Gasteiger partial charge in [-0.3, -0.25) is 9.48 Å². The van der Waals surface area contributed by atoms with Crippen molar-refractivity contribution < 1.29 is 19.8 Å². The zero-order valence-electron chi connectivity index (χ0n) is 14.2. The third-order valence-electron chi connectivity index (χ3n) is 4.40. The van der Waals surface area contributed by atoms with Crippen molar-refractivity contribution >= 4 is 22.8 Å². The first-order valence-corrected chi connectivity index (χ1v) is 8.52. The molecule has 1 aromatic heterocycles. The predicted molar refractivity (Wildman–Crippen MR) is 97.4 cm³/mol. The molecule has 0 bridgehead atoms. The summed E-state index contributed by atoms with van der Waals surface area (Å²) < 4.78 is 1.74. The Hall–Kier alpha value is -3.15. The number of para-hydroxylation sites is 1. The highest BCUT2D eigenvalue weighted by Crippen LogP contribution is 2.27. The standard InChI is InChI=1S/C20H20N2O4/c23-18(24)12-6-9-15(13-14-7-2-1-3-8-14)22-17-11-5-4-10-16(17)19(21-22)20(25)26/h1-5,7-8,10-11,15H,6,9,12-13H2,(H,23,24)(H,25,26). The highest BCUT2D eigenvalue weighted by molar-refractivity contribution is 6.01. The molecule has 3 rings (SSSR count). The maximum absolute atomic E-state index is 11.6. The fourth-order valence-electron chi connectivity index (χ4n) is 3.21. The molecule has 6 nitrogen and oxygen atoms in total. The summed E-state index contributed by atoms with van der Waals surface area (Å²) in [6.07, 6.45) is 1.84. The summed E-state index contributed by atoms with van der Waals surface area (Å²) >= 11 is 0. The molecule has 0 spiro atoms. The number of carbonyl (C=O) groups is 2. The van der Waals surface area contributed by atoms with Crippen LogP contribution in [-0.4, -0.2) is 31.9 Å². The van der Waals surface area contributed by atoms with E-state index in [0.717, 1.165) is 11.1 Å². The Bertz CT molecular complexity index is 918. The summed E-state index contributed by atoms with van der Waals surface area (Å²) in [5.74, 6) is -1.90. The van der Waals surface area contributed by atoms with Crippen LogP contribution in [0, 0.1) is 0 Å². The first-order chi connectivity index (χ1) is 12.6. The Balaban J connectivity index is 1.99. The summed E-state index contributed by atoms with van der Waals surface area (Å²) in [4.78, 5) is 22.4. The van der Waals surface area contributed by atoms with Gasteiger partial charge < -0.3 is 10.2 Å². The lowest BCUT2D eigenvalue weighted by Gasteiger charge is -2.18. The Kier molecular flexibility index (Phi) is 5.31. The zero-order chi connectivity index (χ0) is 18.5. The van der Waals surface area contributed by atoms with Crippen molar-refractivity contribution in [2.24, 2.45) is 0 Å². The molecule has 1 unspecified atom stereocenters. The van der Waals surface area contributed by atoms with Crippen molar-refractivity contribution in [1.29, 1.82) is 0 Å². The van der Waals surface area contributed by atoms with E-state index in [2.05, 4.69) is 5.10 Å². The van der Waals surface area contributed by atoms with E-state index in [4.69, 9.17) is 5.11 Å². The molecule has 2 aromatic carbocycles. The molecule has 6 heteroatoms. The second kappa shape index (κ2) is 7.82. The fourth-order valence-corrected chi connectivity index (χ4v) is 3.21. The second-order valence-electron chi connectivity index (χ2n) is 6.24. The van der Waals surface area contributed by atoms with Gasteiger partial charge in [-0.25, -0.2) is 4.79 Å². The van der Waals surface area contributed by atoms with Gasteiger partial charge in [0.1, 0.15) is 0 Å². The van der Waals surface area contributed by atoms with Crippen molar-refractivity contribution in [2.45, 2.75) is 31.7 Å². The minimum atomic E-state index is -1.07. The highest BCUT2D eigenvalue weighted by atomic mass is 16.4. The maximum atomic E-state index is 11.6. The van der Waals surface area contributed by atoms with Crippen LogP contribution >= 0.6 is 0 Å². The minimum Gasteiger partial charge on any atom is -0.481 e. The molecule has 0 radical (unpaired) electrons. The van der Waals surface area contributed by atoms with Crippen molar-refractivity contribution in [3.05, 3.63) is 65.9 Å². The molecule has 0 aliphatic rings. The van der Waals surface area contributed by atoms with Gasteiger partial charge in [0.05, 0.1) is 11.6 Å². The molecule has 0 saturated carbocycles. The number of aromatic carboxylic acids is 1. The molecule has 2 N–H and O–H groups in total. The van der Waals surface area contributed by atoms with Crippen LogP contribution in [0.3, 0.4) is 0 Å². The number of fused-ring (bicyclic) bond motifs is 1. The topological polar surface area (TPSA) is 92.4 Å². The molecule has 26 heavy (non-hydrogen) atoms. The highest BCUT2D eigenvalue weighted by Gasteiger charge is 2.21. The molecule has 134 valence electrons. The summed E-state index contributed by atoms with van der Waals surface area (Å²) in [5, 5.41) is 23.3. The third-order valence-corrected chi connectivity index (χ3v) is 4.40. The van der Waals surface area contributed by atoms with Crippen molar-refractivity contribution in [1.82, 2.24) is 9.78 Å². The van der Waals surface area contributed by atoms with Gasteiger partial charge in [-0.15, -0.1) is 0 Å². The van der Waals surface area contributed by atoms with Gasteiger partial charge in [-0.2, -0.15) is 5.10 Å². The number of aliphatic carboxylic acids is 1. The van der Waals surface area contributed by atoms with Crippen LogP contribution in [0.4, 0.5) is 0 Å². The lowest BCUT2D eigenvalue weighted by Crippen LogP contribution is -2.15. The van der Waals surface area contributed by atoms with Crippen LogP contribution < -0.4 is 0 Å². The van der Waals surface area contributed by atoms with E-state index < -0.39 is 11.9 Å². The van der Waals surface area contributed by atoms with E-state index in [1.54, 1.807) is 16.8 Å². The van der Waals surface area contributed by atoms with E-state index in [-0.39, 0.29) is 18.2 Å². The van der Waals surface area contributed by atoms with Crippen LogP contribution in [-0.2, 0) is 11.2 Å². The number of nitrogens with zero attached hydrogens (tertiary/aromatic N) is 2. The van der Waals surface area contributed by atoms with Gasteiger partial charge in [-0.1, -0.05) is 48.5 Å². The zero-order valence-corrected chi connectivity index (χ0v) is 14.2. The largest absolute Gasteiger partial charge is 0.481 e. The fraction of sp³-hybridized carbons (Fsp3) is 0.250. The molecule has 3 aromatic rings. The van der Waals surface area contributed by atoms with Crippen LogP contribution in [0.25, 0.3) is 10.9 Å².